The molecule has 9 heavy (non-hydrogen) atoms. The molecule has 0 aromatic rings. The first-order valence-corrected chi connectivity index (χ1v) is 3.31. The molecule has 0 N–H and O–H groups in total. The summed E-state index contributed by atoms with van der Waals surface area (Å²) in [5.74, 6) is 0. The Bertz CT molecular complexity index is 131. The van der Waals surface area contributed by atoms with E-state index in [4.69, 9.17) is 4.74 Å². The van der Waals surface area contributed by atoms with Gasteiger partial charge in [0.1, 0.15) is 0 Å². The number of ether oxygens (including phenoxy) is 1. The zero-order valence-electron chi connectivity index (χ0n) is 5.29. The molecule has 3 heteroatoms. The van der Waals surface area contributed by atoms with Crippen LogP contribution in [0.3, 0.4) is 0 Å². The highest BCUT2D eigenvalue weighted by Crippen LogP contribution is 2.10. The minimum Gasteiger partial charge on any atom is -0.371 e. The Morgan fingerprint density at radius 1 is 1.78 bits per heavy atom. The fourth-order valence-electron chi connectivity index (χ4n) is 0.991. The van der Waals surface area contributed by atoms with Gasteiger partial charge < -0.3 is 9.64 Å². The average molecular weight is 126 g/mol. The number of aliphatic imine (C=N–C) groups is 1. The average Bonchev–Trinajstić information content (AvgIpc) is 2.46. The summed E-state index contributed by atoms with van der Waals surface area (Å²) in [6.07, 6.45) is 2.43. The van der Waals surface area contributed by atoms with Crippen LogP contribution in [0, 0.1) is 0 Å². The summed E-state index contributed by atoms with van der Waals surface area (Å²) in [5, 5.41) is 0. The number of rotatable bonds is 2. The molecule has 0 spiro atoms. The molecule has 1 saturated heterocycles. The van der Waals surface area contributed by atoms with E-state index in [2.05, 4.69) is 9.89 Å². The van der Waals surface area contributed by atoms with Crippen LogP contribution < -0.4 is 0 Å². The molecule has 2 aliphatic heterocycles. The van der Waals surface area contributed by atoms with E-state index in [0.29, 0.717) is 6.10 Å². The predicted molar refractivity (Wildman–Crippen MR) is 34.7 cm³/mol. The summed E-state index contributed by atoms with van der Waals surface area (Å²) in [6, 6.07) is 0. The van der Waals surface area contributed by atoms with Gasteiger partial charge >= 0.3 is 0 Å². The van der Waals surface area contributed by atoms with Crippen LogP contribution in [0.1, 0.15) is 0 Å². The van der Waals surface area contributed by atoms with E-state index in [9.17, 15) is 0 Å². The standard InChI is InChI=1S/C6H10N2O/c1-2-8(5-7-1)3-6-4-9-6/h5-6H,1-4H2. The summed E-state index contributed by atoms with van der Waals surface area (Å²) in [4.78, 5) is 6.30. The van der Waals surface area contributed by atoms with E-state index < -0.39 is 0 Å². The van der Waals surface area contributed by atoms with E-state index in [1.54, 1.807) is 0 Å². The quantitative estimate of drug-likeness (QED) is 0.476. The maximum atomic E-state index is 5.07. The van der Waals surface area contributed by atoms with Gasteiger partial charge in [0.15, 0.2) is 0 Å². The molecule has 50 valence electrons. The highest BCUT2D eigenvalue weighted by molar-refractivity contribution is 5.57. The number of nitrogens with zero attached hydrogens (tertiary/aromatic N) is 2. The third-order valence-electron chi connectivity index (χ3n) is 1.60. The van der Waals surface area contributed by atoms with Crippen molar-refractivity contribution in [3.8, 4) is 0 Å². The van der Waals surface area contributed by atoms with Crippen LogP contribution in [0.15, 0.2) is 4.99 Å². The molecule has 0 saturated carbocycles. The smallest absolute Gasteiger partial charge is 0.0984 e. The lowest BCUT2D eigenvalue weighted by Crippen LogP contribution is -2.24. The van der Waals surface area contributed by atoms with E-state index in [0.717, 1.165) is 26.2 Å². The van der Waals surface area contributed by atoms with E-state index in [1.165, 1.54) is 0 Å². The first-order chi connectivity index (χ1) is 4.45. The summed E-state index contributed by atoms with van der Waals surface area (Å²) in [6.45, 7) is 4.04. The second-order valence-electron chi connectivity index (χ2n) is 2.47. The number of epoxide rings is 1. The molecular weight excluding hydrogens is 116 g/mol. The Labute approximate surface area is 54.3 Å². The van der Waals surface area contributed by atoms with Crippen molar-refractivity contribution in [3.63, 3.8) is 0 Å². The largest absolute Gasteiger partial charge is 0.371 e. The van der Waals surface area contributed by atoms with Crippen LogP contribution in [-0.2, 0) is 4.74 Å². The van der Waals surface area contributed by atoms with Crippen molar-refractivity contribution < 1.29 is 4.74 Å². The third kappa shape index (κ3) is 1.21. The van der Waals surface area contributed by atoms with Crippen molar-refractivity contribution in [1.29, 1.82) is 0 Å². The van der Waals surface area contributed by atoms with Crippen molar-refractivity contribution in [2.24, 2.45) is 4.99 Å². The van der Waals surface area contributed by atoms with Crippen LogP contribution in [0.4, 0.5) is 0 Å². The van der Waals surface area contributed by atoms with Gasteiger partial charge in [-0.2, -0.15) is 0 Å². The van der Waals surface area contributed by atoms with Gasteiger partial charge in [-0.25, -0.2) is 0 Å². The lowest BCUT2D eigenvalue weighted by atomic mass is 10.4. The maximum absolute atomic E-state index is 5.07. The van der Waals surface area contributed by atoms with Crippen LogP contribution in [0.2, 0.25) is 0 Å². The second-order valence-corrected chi connectivity index (χ2v) is 2.47. The Morgan fingerprint density at radius 3 is 3.22 bits per heavy atom. The Hall–Kier alpha value is -0.570. The number of hydrogen-bond donors (Lipinski definition) is 0. The van der Waals surface area contributed by atoms with Gasteiger partial charge in [-0.3, -0.25) is 4.99 Å². The van der Waals surface area contributed by atoms with E-state index in [-0.39, 0.29) is 0 Å². The lowest BCUT2D eigenvalue weighted by Gasteiger charge is -2.09. The fraction of sp³-hybridized carbons (Fsp3) is 0.833. The topological polar surface area (TPSA) is 28.1 Å². The minimum absolute atomic E-state index is 0.509. The van der Waals surface area contributed by atoms with Crippen molar-refractivity contribution >= 4 is 6.34 Å². The van der Waals surface area contributed by atoms with Gasteiger partial charge in [0.05, 0.1) is 25.6 Å². The molecule has 1 fully saturated rings. The molecule has 3 nitrogen and oxygen atoms in total. The zero-order valence-corrected chi connectivity index (χ0v) is 5.29. The molecule has 0 aromatic carbocycles. The van der Waals surface area contributed by atoms with E-state index in [1.807, 2.05) is 6.34 Å². The minimum atomic E-state index is 0.509. The molecule has 0 amide bonds. The molecule has 2 aliphatic rings. The normalized spacial score (nSPS) is 31.6. The molecule has 1 unspecified atom stereocenters. The first kappa shape index (κ1) is 5.23. The number of hydrogen-bond acceptors (Lipinski definition) is 3. The predicted octanol–water partition coefficient (Wildman–Crippen LogP) is -0.271. The van der Waals surface area contributed by atoms with Crippen molar-refractivity contribution in [2.75, 3.05) is 26.2 Å². The van der Waals surface area contributed by atoms with Gasteiger partial charge in [0.2, 0.25) is 0 Å². The van der Waals surface area contributed by atoms with E-state index >= 15 is 0 Å². The molecule has 0 bridgehead atoms. The monoisotopic (exact) mass is 126 g/mol. The van der Waals surface area contributed by atoms with Gasteiger partial charge in [0, 0.05) is 13.1 Å². The van der Waals surface area contributed by atoms with Gasteiger partial charge in [0.25, 0.3) is 0 Å². The molecule has 1 atom stereocenters. The Morgan fingerprint density at radius 2 is 2.67 bits per heavy atom. The van der Waals surface area contributed by atoms with Gasteiger partial charge in [-0.15, -0.1) is 0 Å². The molecular formula is C6H10N2O. The summed E-state index contributed by atoms with van der Waals surface area (Å²) < 4.78 is 5.07. The van der Waals surface area contributed by atoms with Crippen molar-refractivity contribution in [2.45, 2.75) is 6.10 Å². The molecule has 0 aliphatic carbocycles. The van der Waals surface area contributed by atoms with Gasteiger partial charge in [-0.1, -0.05) is 0 Å². The van der Waals surface area contributed by atoms with Crippen molar-refractivity contribution in [3.05, 3.63) is 0 Å². The van der Waals surface area contributed by atoms with Crippen molar-refractivity contribution in [1.82, 2.24) is 4.90 Å². The first-order valence-electron chi connectivity index (χ1n) is 3.31. The molecule has 2 heterocycles. The van der Waals surface area contributed by atoms with Crippen LogP contribution in [-0.4, -0.2) is 43.6 Å². The fourth-order valence-corrected chi connectivity index (χ4v) is 0.991. The highest BCUT2D eigenvalue weighted by atomic mass is 16.6. The maximum Gasteiger partial charge on any atom is 0.0984 e. The summed E-state index contributed by atoms with van der Waals surface area (Å²) >= 11 is 0. The molecule has 0 aromatic heterocycles. The third-order valence-corrected chi connectivity index (χ3v) is 1.60. The zero-order chi connectivity index (χ0) is 6.10. The highest BCUT2D eigenvalue weighted by Gasteiger charge is 2.24. The Balaban J connectivity index is 1.77. The Kier molecular flexibility index (Phi) is 1.16. The lowest BCUT2D eigenvalue weighted by molar-refractivity contribution is 0.349. The second kappa shape index (κ2) is 1.99. The SMILES string of the molecule is C1=NCCN1CC1CO1. The molecule has 2 rings (SSSR count). The van der Waals surface area contributed by atoms with Crippen LogP contribution in [0.25, 0.3) is 0 Å². The van der Waals surface area contributed by atoms with Gasteiger partial charge in [-0.05, 0) is 0 Å². The molecule has 0 radical (unpaired) electrons. The van der Waals surface area contributed by atoms with Crippen LogP contribution >= 0.6 is 0 Å². The van der Waals surface area contributed by atoms with Crippen LogP contribution in [0.5, 0.6) is 0 Å². The summed E-state index contributed by atoms with van der Waals surface area (Å²) in [5.41, 5.74) is 0. The summed E-state index contributed by atoms with van der Waals surface area (Å²) in [7, 11) is 0.